The summed E-state index contributed by atoms with van der Waals surface area (Å²) in [5.41, 5.74) is -0.0196. The van der Waals surface area contributed by atoms with Crippen LogP contribution in [0.15, 0.2) is 53.6 Å². The Morgan fingerprint density at radius 2 is 1.88 bits per heavy atom. The van der Waals surface area contributed by atoms with Gasteiger partial charge in [0.25, 0.3) is 5.56 Å². The molecule has 0 saturated heterocycles. The largest absolute Gasteiger partial charge is 0.365 e. The predicted octanol–water partition coefficient (Wildman–Crippen LogP) is 2.78. The predicted molar refractivity (Wildman–Crippen MR) is 93.0 cm³/mol. The lowest BCUT2D eigenvalue weighted by Crippen LogP contribution is -2.33. The molecule has 24 heavy (non-hydrogen) atoms. The Morgan fingerprint density at radius 1 is 1.04 bits per heavy atom. The van der Waals surface area contributed by atoms with E-state index in [9.17, 15) is 4.79 Å². The van der Waals surface area contributed by atoms with Gasteiger partial charge in [-0.15, -0.1) is 5.10 Å². The molecule has 1 aliphatic carbocycles. The lowest BCUT2D eigenvalue weighted by atomic mass is 9.91. The third-order valence-corrected chi connectivity index (χ3v) is 4.70. The Labute approximate surface area is 139 Å². The zero-order valence-corrected chi connectivity index (χ0v) is 13.3. The summed E-state index contributed by atoms with van der Waals surface area (Å²) in [6.07, 6.45) is 7.30. The molecule has 0 aliphatic heterocycles. The minimum Gasteiger partial charge on any atom is -0.365 e. The summed E-state index contributed by atoms with van der Waals surface area (Å²) in [4.78, 5) is 11.9. The van der Waals surface area contributed by atoms with E-state index in [1.807, 2.05) is 18.2 Å². The van der Waals surface area contributed by atoms with Crippen LogP contribution >= 0.6 is 0 Å². The fourth-order valence-corrected chi connectivity index (χ4v) is 3.44. The molecule has 3 aromatic rings. The maximum absolute atomic E-state index is 11.9. The van der Waals surface area contributed by atoms with E-state index in [4.69, 9.17) is 0 Å². The zero-order chi connectivity index (χ0) is 16.4. The molecule has 2 aromatic heterocycles. The van der Waals surface area contributed by atoms with Gasteiger partial charge >= 0.3 is 0 Å². The number of benzene rings is 1. The first kappa shape index (κ1) is 14.8. The number of hydrogen-bond acceptors (Lipinski definition) is 5. The van der Waals surface area contributed by atoms with E-state index in [1.165, 1.54) is 0 Å². The Kier molecular flexibility index (Phi) is 3.94. The fraction of sp³-hybridized carbons (Fsp3) is 0.333. The zero-order valence-electron chi connectivity index (χ0n) is 13.3. The molecule has 2 heterocycles. The smallest absolute Gasteiger partial charge is 0.266 e. The second-order valence-electron chi connectivity index (χ2n) is 6.24. The number of rotatable bonds is 3. The van der Waals surface area contributed by atoms with Crippen molar-refractivity contribution in [2.45, 2.75) is 37.8 Å². The van der Waals surface area contributed by atoms with Gasteiger partial charge < -0.3 is 5.32 Å². The first-order chi connectivity index (χ1) is 11.8. The van der Waals surface area contributed by atoms with Crippen molar-refractivity contribution in [3.8, 4) is 0 Å². The molecule has 1 aliphatic rings. The normalized spacial score (nSPS) is 20.8. The third kappa shape index (κ3) is 2.87. The maximum Gasteiger partial charge on any atom is 0.266 e. The molecule has 1 saturated carbocycles. The van der Waals surface area contributed by atoms with Gasteiger partial charge in [0, 0.05) is 29.1 Å². The minimum atomic E-state index is -0.0196. The van der Waals surface area contributed by atoms with E-state index < -0.39 is 0 Å². The number of anilines is 1. The van der Waals surface area contributed by atoms with Crippen LogP contribution in [0, 0.1) is 0 Å². The number of fused-ring (bicyclic) bond motifs is 1. The van der Waals surface area contributed by atoms with Gasteiger partial charge in [-0.05, 0) is 31.7 Å². The van der Waals surface area contributed by atoms with Crippen LogP contribution in [0.25, 0.3) is 10.8 Å². The molecular formula is C18H19N5O. The van der Waals surface area contributed by atoms with Crippen LogP contribution in [0.4, 0.5) is 5.82 Å². The van der Waals surface area contributed by atoms with Crippen LogP contribution in [0.3, 0.4) is 0 Å². The van der Waals surface area contributed by atoms with E-state index in [-0.39, 0.29) is 11.6 Å². The van der Waals surface area contributed by atoms with Crippen LogP contribution in [-0.2, 0) is 0 Å². The van der Waals surface area contributed by atoms with E-state index in [0.29, 0.717) is 6.04 Å². The molecule has 0 radical (unpaired) electrons. The van der Waals surface area contributed by atoms with Gasteiger partial charge in [-0.25, -0.2) is 4.68 Å². The van der Waals surface area contributed by atoms with Crippen LogP contribution < -0.4 is 10.9 Å². The first-order valence-corrected chi connectivity index (χ1v) is 8.32. The topological polar surface area (TPSA) is 72.7 Å². The lowest BCUT2D eigenvalue weighted by Gasteiger charge is -2.29. The molecule has 0 spiro atoms. The summed E-state index contributed by atoms with van der Waals surface area (Å²) in [5, 5.41) is 18.3. The van der Waals surface area contributed by atoms with Crippen molar-refractivity contribution in [3.05, 3.63) is 59.1 Å². The van der Waals surface area contributed by atoms with Crippen molar-refractivity contribution in [3.63, 3.8) is 0 Å². The minimum absolute atomic E-state index is 0.0196. The third-order valence-electron chi connectivity index (χ3n) is 4.70. The molecule has 1 N–H and O–H groups in total. The van der Waals surface area contributed by atoms with Crippen molar-refractivity contribution in [1.29, 1.82) is 0 Å². The van der Waals surface area contributed by atoms with Gasteiger partial charge in [0.1, 0.15) is 0 Å². The van der Waals surface area contributed by atoms with Crippen LogP contribution in [-0.4, -0.2) is 26.0 Å². The summed E-state index contributed by atoms with van der Waals surface area (Å²) < 4.78 is 1.62. The Bertz CT molecular complexity index is 894. The fourth-order valence-electron chi connectivity index (χ4n) is 3.44. The highest BCUT2D eigenvalue weighted by atomic mass is 16.1. The summed E-state index contributed by atoms with van der Waals surface area (Å²) in [6.45, 7) is 0. The monoisotopic (exact) mass is 321 g/mol. The first-order valence-electron chi connectivity index (χ1n) is 8.32. The molecule has 0 atom stereocenters. The van der Waals surface area contributed by atoms with Gasteiger partial charge in [-0.2, -0.15) is 10.2 Å². The molecule has 122 valence electrons. The SMILES string of the molecule is O=c1cccnn1C1CCC(Nc2nncc3ccccc23)CC1. The molecule has 0 amide bonds. The average Bonchev–Trinajstić information content (AvgIpc) is 2.63. The number of aromatic nitrogens is 4. The van der Waals surface area contributed by atoms with Crippen molar-refractivity contribution >= 4 is 16.6 Å². The van der Waals surface area contributed by atoms with Crippen LogP contribution in [0.5, 0.6) is 0 Å². The summed E-state index contributed by atoms with van der Waals surface area (Å²) in [6, 6.07) is 11.9. The quantitative estimate of drug-likeness (QED) is 0.803. The van der Waals surface area contributed by atoms with Crippen molar-refractivity contribution in [2.24, 2.45) is 0 Å². The van der Waals surface area contributed by atoms with Gasteiger partial charge in [0.15, 0.2) is 5.82 Å². The molecule has 6 nitrogen and oxygen atoms in total. The highest BCUT2D eigenvalue weighted by Gasteiger charge is 2.24. The lowest BCUT2D eigenvalue weighted by molar-refractivity contribution is 0.303. The Morgan fingerprint density at radius 3 is 2.71 bits per heavy atom. The van der Waals surface area contributed by atoms with Gasteiger partial charge in [0.05, 0.1) is 12.2 Å². The standard InChI is InChI=1S/C18H19N5O/c24-17-6-3-11-20-23(17)15-9-7-14(8-10-15)21-18-16-5-2-1-4-13(16)12-19-22-18/h1-6,11-12,14-15H,7-10H2,(H,21,22). The van der Waals surface area contributed by atoms with Gasteiger partial charge in [-0.1, -0.05) is 24.3 Å². The summed E-state index contributed by atoms with van der Waals surface area (Å²) in [7, 11) is 0. The second-order valence-corrected chi connectivity index (χ2v) is 6.24. The highest BCUT2D eigenvalue weighted by Crippen LogP contribution is 2.29. The molecule has 0 unspecified atom stereocenters. The Hall–Kier alpha value is -2.76. The van der Waals surface area contributed by atoms with Crippen molar-refractivity contribution in [1.82, 2.24) is 20.0 Å². The second kappa shape index (κ2) is 6.39. The van der Waals surface area contributed by atoms with E-state index in [2.05, 4.69) is 26.7 Å². The molecule has 1 fully saturated rings. The van der Waals surface area contributed by atoms with E-state index in [0.717, 1.165) is 42.3 Å². The molecule has 6 heteroatoms. The molecule has 4 rings (SSSR count). The molecule has 1 aromatic carbocycles. The number of nitrogens with one attached hydrogen (secondary N) is 1. The average molecular weight is 321 g/mol. The number of nitrogens with zero attached hydrogens (tertiary/aromatic N) is 4. The Balaban J connectivity index is 1.47. The highest BCUT2D eigenvalue weighted by molar-refractivity contribution is 5.90. The van der Waals surface area contributed by atoms with Crippen LogP contribution in [0.1, 0.15) is 31.7 Å². The van der Waals surface area contributed by atoms with Crippen molar-refractivity contribution in [2.75, 3.05) is 5.32 Å². The van der Waals surface area contributed by atoms with E-state index >= 15 is 0 Å². The van der Waals surface area contributed by atoms with E-state index in [1.54, 1.807) is 29.2 Å². The molecular weight excluding hydrogens is 302 g/mol. The summed E-state index contributed by atoms with van der Waals surface area (Å²) in [5.74, 6) is 0.839. The van der Waals surface area contributed by atoms with Gasteiger partial charge in [0.2, 0.25) is 0 Å². The van der Waals surface area contributed by atoms with Crippen LogP contribution in [0.2, 0.25) is 0 Å². The maximum atomic E-state index is 11.9. The number of hydrogen-bond donors (Lipinski definition) is 1. The van der Waals surface area contributed by atoms with Gasteiger partial charge in [-0.3, -0.25) is 4.79 Å². The summed E-state index contributed by atoms with van der Waals surface area (Å²) >= 11 is 0. The molecule has 0 bridgehead atoms. The van der Waals surface area contributed by atoms with Crippen molar-refractivity contribution < 1.29 is 0 Å².